The number of nitrogens with one attached hydrogen (secondary N) is 1. The predicted molar refractivity (Wildman–Crippen MR) is 77.4 cm³/mol. The van der Waals surface area contributed by atoms with Gasteiger partial charge < -0.3 is 20.3 Å². The van der Waals surface area contributed by atoms with E-state index >= 15 is 0 Å². The summed E-state index contributed by atoms with van der Waals surface area (Å²) < 4.78 is 5.05. The van der Waals surface area contributed by atoms with E-state index in [4.69, 9.17) is 4.74 Å². The molecular formula is C15H21NO4. The molecule has 0 saturated carbocycles. The quantitative estimate of drug-likeness (QED) is 0.650. The number of aliphatic hydroxyl groups excluding tert-OH is 2. The summed E-state index contributed by atoms with van der Waals surface area (Å²) in [6, 6.07) is 7.26. The van der Waals surface area contributed by atoms with Crippen LogP contribution in [0, 0.1) is 0 Å². The molecule has 0 aromatic heterocycles. The van der Waals surface area contributed by atoms with Crippen molar-refractivity contribution >= 4 is 12.0 Å². The lowest BCUT2D eigenvalue weighted by Gasteiger charge is -2.28. The molecule has 0 saturated heterocycles. The summed E-state index contributed by atoms with van der Waals surface area (Å²) in [7, 11) is 1.59. The van der Waals surface area contributed by atoms with Crippen molar-refractivity contribution in [1.82, 2.24) is 5.32 Å². The number of hydrogen-bond donors (Lipinski definition) is 3. The summed E-state index contributed by atoms with van der Waals surface area (Å²) in [6.07, 6.45) is 3.48. The fourth-order valence-electron chi connectivity index (χ4n) is 1.63. The molecule has 5 heteroatoms. The average molecular weight is 279 g/mol. The highest BCUT2D eigenvalue weighted by atomic mass is 16.5. The lowest BCUT2D eigenvalue weighted by molar-refractivity contribution is -0.119. The van der Waals surface area contributed by atoms with E-state index in [9.17, 15) is 15.0 Å². The summed E-state index contributed by atoms with van der Waals surface area (Å²) in [4.78, 5) is 11.8. The molecule has 1 aromatic rings. The average Bonchev–Trinajstić information content (AvgIpc) is 2.51. The fourth-order valence-corrected chi connectivity index (χ4v) is 1.63. The van der Waals surface area contributed by atoms with Gasteiger partial charge in [-0.3, -0.25) is 4.79 Å². The Labute approximate surface area is 118 Å². The molecule has 110 valence electrons. The molecule has 3 N–H and O–H groups in total. The number of amides is 1. The van der Waals surface area contributed by atoms with Crippen LogP contribution in [0.5, 0.6) is 5.75 Å². The molecule has 0 atom stereocenters. The van der Waals surface area contributed by atoms with Gasteiger partial charge in [-0.05, 0) is 30.2 Å². The molecule has 20 heavy (non-hydrogen) atoms. The topological polar surface area (TPSA) is 78.8 Å². The van der Waals surface area contributed by atoms with E-state index in [0.29, 0.717) is 6.42 Å². The molecule has 1 amide bonds. The highest BCUT2D eigenvalue weighted by molar-refractivity contribution is 5.92. The fraction of sp³-hybridized carbons (Fsp3) is 0.400. The van der Waals surface area contributed by atoms with E-state index in [-0.39, 0.29) is 19.1 Å². The van der Waals surface area contributed by atoms with Crippen LogP contribution in [0.25, 0.3) is 6.08 Å². The van der Waals surface area contributed by atoms with E-state index in [0.717, 1.165) is 11.3 Å². The molecule has 0 unspecified atom stereocenters. The van der Waals surface area contributed by atoms with Crippen molar-refractivity contribution in [3.8, 4) is 5.75 Å². The lowest BCUT2D eigenvalue weighted by Crippen LogP contribution is -2.53. The van der Waals surface area contributed by atoms with Gasteiger partial charge in [0.15, 0.2) is 0 Å². The van der Waals surface area contributed by atoms with Crippen molar-refractivity contribution in [3.05, 3.63) is 35.9 Å². The smallest absolute Gasteiger partial charge is 0.244 e. The Morgan fingerprint density at radius 3 is 2.35 bits per heavy atom. The van der Waals surface area contributed by atoms with Crippen LogP contribution in [0.2, 0.25) is 0 Å². The van der Waals surface area contributed by atoms with Crippen molar-refractivity contribution in [2.45, 2.75) is 18.9 Å². The van der Waals surface area contributed by atoms with Gasteiger partial charge in [0.1, 0.15) is 5.75 Å². The van der Waals surface area contributed by atoms with Gasteiger partial charge in [0.05, 0.1) is 25.9 Å². The summed E-state index contributed by atoms with van der Waals surface area (Å²) in [6.45, 7) is 1.18. The number of rotatable bonds is 7. The monoisotopic (exact) mass is 279 g/mol. The molecular weight excluding hydrogens is 258 g/mol. The maximum atomic E-state index is 11.8. The molecule has 0 aliphatic carbocycles. The second-order valence-electron chi connectivity index (χ2n) is 4.55. The van der Waals surface area contributed by atoms with E-state index in [1.165, 1.54) is 6.08 Å². The van der Waals surface area contributed by atoms with Crippen LogP contribution in [-0.4, -0.2) is 42.0 Å². The molecule has 0 spiro atoms. The third-order valence-electron chi connectivity index (χ3n) is 3.21. The number of methoxy groups -OCH3 is 1. The van der Waals surface area contributed by atoms with E-state index in [1.54, 1.807) is 32.2 Å². The van der Waals surface area contributed by atoms with Crippen molar-refractivity contribution in [2.75, 3.05) is 20.3 Å². The Morgan fingerprint density at radius 2 is 1.90 bits per heavy atom. The lowest BCUT2D eigenvalue weighted by atomic mass is 9.98. The van der Waals surface area contributed by atoms with Crippen LogP contribution in [-0.2, 0) is 4.79 Å². The third-order valence-corrected chi connectivity index (χ3v) is 3.21. The first-order valence-corrected chi connectivity index (χ1v) is 6.45. The van der Waals surface area contributed by atoms with Crippen LogP contribution in [0.3, 0.4) is 0 Å². The zero-order chi connectivity index (χ0) is 15.0. The number of carbonyl (C=O) groups is 1. The summed E-state index contributed by atoms with van der Waals surface area (Å²) >= 11 is 0. The predicted octanol–water partition coefficient (Wildman–Crippen LogP) is 0.958. The number of aliphatic hydroxyl groups is 2. The minimum atomic E-state index is -0.971. The maximum Gasteiger partial charge on any atom is 0.244 e. The molecule has 0 radical (unpaired) electrons. The van der Waals surface area contributed by atoms with E-state index in [2.05, 4.69) is 5.32 Å². The first-order valence-electron chi connectivity index (χ1n) is 6.45. The minimum Gasteiger partial charge on any atom is -0.497 e. The SMILES string of the molecule is CCC(CO)(CO)NC(=O)/C=C/c1ccc(OC)cc1. The van der Waals surface area contributed by atoms with Crippen molar-refractivity contribution in [2.24, 2.45) is 0 Å². The molecule has 1 rings (SSSR count). The van der Waals surface area contributed by atoms with Crippen LogP contribution in [0.1, 0.15) is 18.9 Å². The van der Waals surface area contributed by atoms with Gasteiger partial charge in [-0.2, -0.15) is 0 Å². The number of carbonyl (C=O) groups excluding carboxylic acids is 1. The molecule has 0 aliphatic heterocycles. The van der Waals surface area contributed by atoms with Gasteiger partial charge in [-0.15, -0.1) is 0 Å². The van der Waals surface area contributed by atoms with Crippen molar-refractivity contribution in [3.63, 3.8) is 0 Å². The Hall–Kier alpha value is -1.85. The second-order valence-corrected chi connectivity index (χ2v) is 4.55. The Balaban J connectivity index is 2.67. The number of benzene rings is 1. The maximum absolute atomic E-state index is 11.8. The van der Waals surface area contributed by atoms with Gasteiger partial charge in [0.25, 0.3) is 0 Å². The van der Waals surface area contributed by atoms with Crippen molar-refractivity contribution in [1.29, 1.82) is 0 Å². The van der Waals surface area contributed by atoms with Crippen LogP contribution in [0.4, 0.5) is 0 Å². The van der Waals surface area contributed by atoms with Gasteiger partial charge in [0.2, 0.25) is 5.91 Å². The Kier molecular flexibility index (Phi) is 6.21. The highest BCUT2D eigenvalue weighted by Crippen LogP contribution is 2.12. The standard InChI is InChI=1S/C15H21NO4/c1-3-15(10-17,11-18)16-14(19)9-6-12-4-7-13(20-2)8-5-12/h4-9,17-18H,3,10-11H2,1-2H3,(H,16,19)/b9-6+. The second kappa shape index (κ2) is 7.67. The summed E-state index contributed by atoms with van der Waals surface area (Å²) in [5, 5.41) is 21.1. The molecule has 0 heterocycles. The molecule has 0 fully saturated rings. The Morgan fingerprint density at radius 1 is 1.30 bits per heavy atom. The molecule has 0 bridgehead atoms. The molecule has 5 nitrogen and oxygen atoms in total. The van der Waals surface area contributed by atoms with Crippen molar-refractivity contribution < 1.29 is 19.7 Å². The zero-order valence-corrected chi connectivity index (χ0v) is 11.8. The highest BCUT2D eigenvalue weighted by Gasteiger charge is 2.27. The Bertz CT molecular complexity index is 441. The summed E-state index contributed by atoms with van der Waals surface area (Å²) in [5.74, 6) is 0.392. The van der Waals surface area contributed by atoms with Gasteiger partial charge in [0, 0.05) is 6.08 Å². The summed E-state index contributed by atoms with van der Waals surface area (Å²) in [5.41, 5.74) is -0.113. The number of hydrogen-bond acceptors (Lipinski definition) is 4. The van der Waals surface area contributed by atoms with Gasteiger partial charge in [-0.25, -0.2) is 0 Å². The van der Waals surface area contributed by atoms with E-state index in [1.807, 2.05) is 12.1 Å². The van der Waals surface area contributed by atoms with Gasteiger partial charge >= 0.3 is 0 Å². The largest absolute Gasteiger partial charge is 0.497 e. The first-order chi connectivity index (χ1) is 9.59. The first kappa shape index (κ1) is 16.2. The normalized spacial score (nSPS) is 11.6. The van der Waals surface area contributed by atoms with Crippen LogP contribution < -0.4 is 10.1 Å². The van der Waals surface area contributed by atoms with Gasteiger partial charge in [-0.1, -0.05) is 19.1 Å². The third kappa shape index (κ3) is 4.36. The molecule has 1 aromatic carbocycles. The number of ether oxygens (including phenoxy) is 1. The molecule has 0 aliphatic rings. The van der Waals surface area contributed by atoms with Crippen LogP contribution in [0.15, 0.2) is 30.3 Å². The zero-order valence-electron chi connectivity index (χ0n) is 11.8. The minimum absolute atomic E-state index is 0.303. The van der Waals surface area contributed by atoms with Crippen LogP contribution >= 0.6 is 0 Å². The van der Waals surface area contributed by atoms with E-state index < -0.39 is 5.54 Å².